The maximum atomic E-state index is 12.3. The minimum atomic E-state index is -0.325. The summed E-state index contributed by atoms with van der Waals surface area (Å²) in [4.78, 5) is 24.6. The Morgan fingerprint density at radius 2 is 1.00 bits per heavy atom. The number of phenols is 2. The third-order valence-corrected chi connectivity index (χ3v) is 6.71. The van der Waals surface area contributed by atoms with Gasteiger partial charge >= 0.3 is 12.1 Å². The Kier molecular flexibility index (Phi) is 7.77. The summed E-state index contributed by atoms with van der Waals surface area (Å²) >= 11 is 0. The van der Waals surface area contributed by atoms with E-state index >= 15 is 0 Å². The summed E-state index contributed by atoms with van der Waals surface area (Å²) in [5, 5.41) is 32.2. The number of nitrogens with one attached hydrogen (secondary N) is 4. The highest BCUT2D eigenvalue weighted by molar-refractivity contribution is 5.93. The number of rotatable bonds is 5. The molecule has 0 aliphatic heterocycles. The van der Waals surface area contributed by atoms with Crippen LogP contribution in [0.4, 0.5) is 21.0 Å². The van der Waals surface area contributed by atoms with Crippen molar-refractivity contribution in [1.82, 2.24) is 10.6 Å². The zero-order chi connectivity index (χ0) is 23.9. The third-order valence-electron chi connectivity index (χ3n) is 6.71. The molecule has 2 saturated carbocycles. The van der Waals surface area contributed by atoms with Gasteiger partial charge in [-0.15, -0.1) is 0 Å². The van der Waals surface area contributed by atoms with Gasteiger partial charge in [0.1, 0.15) is 11.5 Å². The quantitative estimate of drug-likeness (QED) is 0.318. The van der Waals surface area contributed by atoms with Crippen LogP contribution in [-0.2, 0) is 0 Å². The van der Waals surface area contributed by atoms with Gasteiger partial charge < -0.3 is 31.5 Å². The largest absolute Gasteiger partial charge is 0.506 e. The van der Waals surface area contributed by atoms with Crippen LogP contribution in [0, 0.1) is 0 Å². The fourth-order valence-electron chi connectivity index (χ4n) is 4.82. The van der Waals surface area contributed by atoms with Gasteiger partial charge in [0.2, 0.25) is 0 Å². The zero-order valence-corrected chi connectivity index (χ0v) is 19.4. The number of phenolic OH excluding ortho intramolecular Hbond substituents is 2. The third kappa shape index (κ3) is 6.34. The van der Waals surface area contributed by atoms with Gasteiger partial charge in [-0.3, -0.25) is 0 Å². The molecule has 4 rings (SSSR count). The van der Waals surface area contributed by atoms with Crippen LogP contribution in [0.25, 0.3) is 11.1 Å². The van der Waals surface area contributed by atoms with Gasteiger partial charge in [0, 0.05) is 12.1 Å². The number of hydrogen-bond donors (Lipinski definition) is 6. The molecule has 2 aliphatic rings. The van der Waals surface area contributed by atoms with Gasteiger partial charge in [-0.2, -0.15) is 0 Å². The molecule has 6 N–H and O–H groups in total. The molecule has 34 heavy (non-hydrogen) atoms. The molecule has 0 radical (unpaired) electrons. The first-order valence-electron chi connectivity index (χ1n) is 12.3. The standard InChI is InChI=1S/C26H34N4O4/c31-23-15-17(11-13-21(23)29-25(33)27-19-7-3-1-4-8-19)18-12-14-22(24(32)16-18)30-26(34)28-20-9-5-2-6-10-20/h11-16,19-20,31-32H,1-10H2,(H2,27,29,33)(H2,28,30,34). The van der Waals surface area contributed by atoms with E-state index in [2.05, 4.69) is 21.3 Å². The SMILES string of the molecule is O=C(Nc1ccc(-c2ccc(NC(=O)NC3CCCCC3)c(O)c2)cc1O)NC1CCCCC1. The molecule has 182 valence electrons. The Morgan fingerprint density at radius 3 is 1.35 bits per heavy atom. The maximum Gasteiger partial charge on any atom is 0.319 e. The van der Waals surface area contributed by atoms with E-state index in [1.807, 2.05) is 0 Å². The molecule has 0 heterocycles. The highest BCUT2D eigenvalue weighted by Crippen LogP contribution is 2.34. The van der Waals surface area contributed by atoms with Crippen molar-refractivity contribution in [3.8, 4) is 22.6 Å². The minimum absolute atomic E-state index is 0.0650. The summed E-state index contributed by atoms with van der Waals surface area (Å²) in [6.45, 7) is 0. The topological polar surface area (TPSA) is 123 Å². The summed E-state index contributed by atoms with van der Waals surface area (Å²) < 4.78 is 0. The van der Waals surface area contributed by atoms with Crippen molar-refractivity contribution in [3.63, 3.8) is 0 Å². The fourth-order valence-corrected chi connectivity index (χ4v) is 4.82. The Hall–Kier alpha value is -3.42. The Bertz CT molecular complexity index is 932. The van der Waals surface area contributed by atoms with E-state index in [0.717, 1.165) is 51.4 Å². The van der Waals surface area contributed by atoms with Crippen molar-refractivity contribution in [3.05, 3.63) is 36.4 Å². The van der Waals surface area contributed by atoms with E-state index in [0.29, 0.717) is 22.5 Å². The van der Waals surface area contributed by atoms with Crippen LogP contribution in [0.2, 0.25) is 0 Å². The summed E-state index contributed by atoms with van der Waals surface area (Å²) in [5.41, 5.74) is 1.98. The van der Waals surface area contributed by atoms with Crippen molar-refractivity contribution in [1.29, 1.82) is 0 Å². The van der Waals surface area contributed by atoms with Gasteiger partial charge in [0.05, 0.1) is 11.4 Å². The molecule has 8 heteroatoms. The predicted molar refractivity (Wildman–Crippen MR) is 133 cm³/mol. The van der Waals surface area contributed by atoms with E-state index in [4.69, 9.17) is 0 Å². The number of anilines is 2. The minimum Gasteiger partial charge on any atom is -0.506 e. The Labute approximate surface area is 200 Å². The molecule has 2 aliphatic carbocycles. The number of carbonyl (C=O) groups excluding carboxylic acids is 2. The zero-order valence-electron chi connectivity index (χ0n) is 19.4. The molecule has 0 spiro atoms. The highest BCUT2D eigenvalue weighted by atomic mass is 16.3. The summed E-state index contributed by atoms with van der Waals surface area (Å²) in [6, 6.07) is 9.55. The molecule has 8 nitrogen and oxygen atoms in total. The van der Waals surface area contributed by atoms with Gasteiger partial charge in [0.25, 0.3) is 0 Å². The van der Waals surface area contributed by atoms with Crippen LogP contribution in [0.1, 0.15) is 64.2 Å². The number of carbonyl (C=O) groups is 2. The van der Waals surface area contributed by atoms with Crippen LogP contribution in [-0.4, -0.2) is 34.4 Å². The van der Waals surface area contributed by atoms with Crippen molar-refractivity contribution in [2.45, 2.75) is 76.3 Å². The second-order valence-corrected chi connectivity index (χ2v) is 9.33. The first-order chi connectivity index (χ1) is 16.5. The average molecular weight is 467 g/mol. The first kappa shape index (κ1) is 23.7. The fraction of sp³-hybridized carbons (Fsp3) is 0.462. The Morgan fingerprint density at radius 1 is 0.618 bits per heavy atom. The van der Waals surface area contributed by atoms with Crippen LogP contribution in [0.3, 0.4) is 0 Å². The van der Waals surface area contributed by atoms with Gasteiger partial charge in [-0.05, 0) is 61.1 Å². The monoisotopic (exact) mass is 466 g/mol. The lowest BCUT2D eigenvalue weighted by Crippen LogP contribution is -2.39. The second-order valence-electron chi connectivity index (χ2n) is 9.33. The van der Waals surface area contributed by atoms with E-state index in [1.165, 1.54) is 25.0 Å². The van der Waals surface area contributed by atoms with Crippen LogP contribution < -0.4 is 21.3 Å². The van der Waals surface area contributed by atoms with Crippen LogP contribution in [0.15, 0.2) is 36.4 Å². The molecule has 0 aromatic heterocycles. The lowest BCUT2D eigenvalue weighted by atomic mass is 9.96. The number of hydrogen-bond acceptors (Lipinski definition) is 4. The molecule has 4 amide bonds. The molecule has 0 saturated heterocycles. The molecule has 2 aromatic carbocycles. The lowest BCUT2D eigenvalue weighted by molar-refractivity contribution is 0.243. The van der Waals surface area contributed by atoms with E-state index in [1.54, 1.807) is 24.3 Å². The van der Waals surface area contributed by atoms with Gasteiger partial charge in [0.15, 0.2) is 0 Å². The van der Waals surface area contributed by atoms with Crippen molar-refractivity contribution in [2.75, 3.05) is 10.6 Å². The molecule has 0 unspecified atom stereocenters. The average Bonchev–Trinajstić information content (AvgIpc) is 2.83. The lowest BCUT2D eigenvalue weighted by Gasteiger charge is -2.23. The number of benzene rings is 2. The van der Waals surface area contributed by atoms with E-state index in [9.17, 15) is 19.8 Å². The van der Waals surface area contributed by atoms with Crippen molar-refractivity contribution < 1.29 is 19.8 Å². The van der Waals surface area contributed by atoms with Crippen molar-refractivity contribution in [2.24, 2.45) is 0 Å². The number of amides is 4. The molecule has 2 fully saturated rings. The molecule has 0 bridgehead atoms. The normalized spacial score (nSPS) is 17.1. The second kappa shape index (κ2) is 11.1. The summed E-state index contributed by atoms with van der Waals surface area (Å²) in [5.74, 6) is -0.130. The van der Waals surface area contributed by atoms with Crippen LogP contribution >= 0.6 is 0 Å². The molecular formula is C26H34N4O4. The highest BCUT2D eigenvalue weighted by Gasteiger charge is 2.18. The summed E-state index contributed by atoms with van der Waals surface area (Å²) in [7, 11) is 0. The summed E-state index contributed by atoms with van der Waals surface area (Å²) in [6.07, 6.45) is 10.8. The van der Waals surface area contributed by atoms with Gasteiger partial charge in [-0.25, -0.2) is 9.59 Å². The number of urea groups is 2. The first-order valence-corrected chi connectivity index (χ1v) is 12.3. The molecule has 0 atom stereocenters. The van der Waals surface area contributed by atoms with E-state index in [-0.39, 0.29) is 35.6 Å². The maximum absolute atomic E-state index is 12.3. The Balaban J connectivity index is 1.36. The molecule has 2 aromatic rings. The molecular weight excluding hydrogens is 432 g/mol. The van der Waals surface area contributed by atoms with Crippen LogP contribution in [0.5, 0.6) is 11.5 Å². The smallest absolute Gasteiger partial charge is 0.319 e. The van der Waals surface area contributed by atoms with Crippen molar-refractivity contribution >= 4 is 23.4 Å². The number of aromatic hydroxyl groups is 2. The predicted octanol–water partition coefficient (Wildman–Crippen LogP) is 5.67. The van der Waals surface area contributed by atoms with E-state index < -0.39 is 0 Å². The van der Waals surface area contributed by atoms with Gasteiger partial charge in [-0.1, -0.05) is 50.7 Å².